The molecule has 1 rings (SSSR count). The number of aryl methyl sites for hydroxylation is 2. The molecule has 0 unspecified atom stereocenters. The van der Waals surface area contributed by atoms with Gasteiger partial charge in [-0.2, -0.15) is 0 Å². The largest absolute Gasteiger partial charge is 0.207 e. The van der Waals surface area contributed by atoms with E-state index >= 15 is 0 Å². The van der Waals surface area contributed by atoms with Gasteiger partial charge in [0.1, 0.15) is 5.82 Å². The Kier molecular flexibility index (Phi) is 3.73. The molecule has 0 nitrogen and oxygen atoms in total. The normalized spacial score (nSPS) is 10.2. The Bertz CT molecular complexity index is 238. The zero-order valence-corrected chi connectivity index (χ0v) is 8.70. The molecule has 12 heavy (non-hydrogen) atoms. The SMILES string of the molecule is Cc1cc(F)cc(CCCBr)c1. The van der Waals surface area contributed by atoms with Crippen LogP contribution in [-0.2, 0) is 6.42 Å². The average molecular weight is 231 g/mol. The maximum absolute atomic E-state index is 12.8. The van der Waals surface area contributed by atoms with Crippen molar-refractivity contribution < 1.29 is 4.39 Å². The summed E-state index contributed by atoms with van der Waals surface area (Å²) >= 11 is 3.35. The lowest BCUT2D eigenvalue weighted by Crippen LogP contribution is -1.89. The molecule has 0 atom stereocenters. The second kappa shape index (κ2) is 4.61. The summed E-state index contributed by atoms with van der Waals surface area (Å²) < 4.78 is 12.8. The van der Waals surface area contributed by atoms with Crippen molar-refractivity contribution in [1.29, 1.82) is 0 Å². The van der Waals surface area contributed by atoms with E-state index in [-0.39, 0.29) is 5.82 Å². The summed E-state index contributed by atoms with van der Waals surface area (Å²) in [5.74, 6) is -0.125. The topological polar surface area (TPSA) is 0 Å². The van der Waals surface area contributed by atoms with Gasteiger partial charge in [0.15, 0.2) is 0 Å². The van der Waals surface area contributed by atoms with Crippen molar-refractivity contribution in [1.82, 2.24) is 0 Å². The summed E-state index contributed by atoms with van der Waals surface area (Å²) in [5.41, 5.74) is 2.09. The van der Waals surface area contributed by atoms with E-state index in [0.29, 0.717) is 0 Å². The molecule has 0 N–H and O–H groups in total. The van der Waals surface area contributed by atoms with Crippen molar-refractivity contribution in [2.75, 3.05) is 5.33 Å². The molecule has 0 bridgehead atoms. The number of rotatable bonds is 3. The Morgan fingerprint density at radius 3 is 2.67 bits per heavy atom. The van der Waals surface area contributed by atoms with Crippen LogP contribution in [0.25, 0.3) is 0 Å². The van der Waals surface area contributed by atoms with Crippen LogP contribution in [-0.4, -0.2) is 5.33 Å². The molecular formula is C10H12BrF. The minimum absolute atomic E-state index is 0.125. The molecule has 0 amide bonds. The van der Waals surface area contributed by atoms with Crippen molar-refractivity contribution in [3.8, 4) is 0 Å². The molecule has 0 fully saturated rings. The molecule has 2 heteroatoms. The fraction of sp³-hybridized carbons (Fsp3) is 0.400. The smallest absolute Gasteiger partial charge is 0.123 e. The van der Waals surface area contributed by atoms with Gasteiger partial charge in [-0.3, -0.25) is 0 Å². The third-order valence-electron chi connectivity index (χ3n) is 1.70. The molecule has 0 saturated carbocycles. The van der Waals surface area contributed by atoms with Crippen LogP contribution in [0.1, 0.15) is 17.5 Å². The van der Waals surface area contributed by atoms with Crippen LogP contribution in [0.2, 0.25) is 0 Å². The lowest BCUT2D eigenvalue weighted by atomic mass is 10.1. The predicted octanol–water partition coefficient (Wildman–Crippen LogP) is 3.46. The van der Waals surface area contributed by atoms with E-state index in [0.717, 1.165) is 29.3 Å². The van der Waals surface area contributed by atoms with Crippen LogP contribution in [0.4, 0.5) is 4.39 Å². The lowest BCUT2D eigenvalue weighted by molar-refractivity contribution is 0.623. The maximum Gasteiger partial charge on any atom is 0.123 e. The van der Waals surface area contributed by atoms with Crippen LogP contribution in [0.15, 0.2) is 18.2 Å². The first-order valence-electron chi connectivity index (χ1n) is 4.04. The second-order valence-electron chi connectivity index (χ2n) is 2.93. The van der Waals surface area contributed by atoms with Gasteiger partial charge < -0.3 is 0 Å². The van der Waals surface area contributed by atoms with Crippen LogP contribution in [0.5, 0.6) is 0 Å². The number of alkyl halides is 1. The van der Waals surface area contributed by atoms with Crippen molar-refractivity contribution in [2.45, 2.75) is 19.8 Å². The fourth-order valence-electron chi connectivity index (χ4n) is 1.23. The first-order chi connectivity index (χ1) is 5.72. The molecule has 66 valence electrons. The third-order valence-corrected chi connectivity index (χ3v) is 2.26. The van der Waals surface area contributed by atoms with Gasteiger partial charge >= 0.3 is 0 Å². The number of halogens is 2. The Hall–Kier alpha value is -0.370. The highest BCUT2D eigenvalue weighted by atomic mass is 79.9. The first kappa shape index (κ1) is 9.72. The highest BCUT2D eigenvalue weighted by molar-refractivity contribution is 9.09. The minimum atomic E-state index is -0.125. The van der Waals surface area contributed by atoms with E-state index in [9.17, 15) is 4.39 Å². The zero-order chi connectivity index (χ0) is 8.97. The highest BCUT2D eigenvalue weighted by Gasteiger charge is 1.97. The van der Waals surface area contributed by atoms with Gasteiger partial charge in [0.05, 0.1) is 0 Å². The summed E-state index contributed by atoms with van der Waals surface area (Å²) in [7, 11) is 0. The van der Waals surface area contributed by atoms with E-state index < -0.39 is 0 Å². The Labute approximate surface area is 80.9 Å². The van der Waals surface area contributed by atoms with Crippen LogP contribution in [0, 0.1) is 12.7 Å². The molecule has 0 aliphatic heterocycles. The van der Waals surface area contributed by atoms with Gasteiger partial charge in [0.2, 0.25) is 0 Å². The quantitative estimate of drug-likeness (QED) is 0.699. The molecule has 0 heterocycles. The zero-order valence-electron chi connectivity index (χ0n) is 7.11. The summed E-state index contributed by atoms with van der Waals surface area (Å²) in [6.45, 7) is 1.92. The average Bonchev–Trinajstić information content (AvgIpc) is 1.99. The van der Waals surface area contributed by atoms with Crippen molar-refractivity contribution in [3.05, 3.63) is 35.1 Å². The van der Waals surface area contributed by atoms with E-state index in [1.165, 1.54) is 0 Å². The molecule has 0 spiro atoms. The van der Waals surface area contributed by atoms with E-state index in [1.807, 2.05) is 13.0 Å². The van der Waals surface area contributed by atoms with Crippen LogP contribution >= 0.6 is 15.9 Å². The summed E-state index contributed by atoms with van der Waals surface area (Å²) in [6.07, 6.45) is 2.01. The summed E-state index contributed by atoms with van der Waals surface area (Å²) in [5, 5.41) is 0.975. The predicted molar refractivity (Wildman–Crippen MR) is 53.3 cm³/mol. The monoisotopic (exact) mass is 230 g/mol. The molecule has 0 aromatic heterocycles. The van der Waals surface area contributed by atoms with E-state index in [2.05, 4.69) is 15.9 Å². The molecule has 0 radical (unpaired) electrons. The Morgan fingerprint density at radius 2 is 2.08 bits per heavy atom. The van der Waals surface area contributed by atoms with Crippen LogP contribution < -0.4 is 0 Å². The molecule has 0 aliphatic carbocycles. The minimum Gasteiger partial charge on any atom is -0.207 e. The highest BCUT2D eigenvalue weighted by Crippen LogP contribution is 2.10. The van der Waals surface area contributed by atoms with Crippen molar-refractivity contribution >= 4 is 15.9 Å². The maximum atomic E-state index is 12.8. The summed E-state index contributed by atoms with van der Waals surface area (Å²) in [4.78, 5) is 0. The Balaban J connectivity index is 2.72. The van der Waals surface area contributed by atoms with Gasteiger partial charge in [-0.15, -0.1) is 0 Å². The number of benzene rings is 1. The molecule has 0 saturated heterocycles. The summed E-state index contributed by atoms with van der Waals surface area (Å²) in [6, 6.07) is 5.19. The van der Waals surface area contributed by atoms with Crippen molar-refractivity contribution in [2.24, 2.45) is 0 Å². The molecule has 0 aliphatic rings. The van der Waals surface area contributed by atoms with E-state index in [4.69, 9.17) is 0 Å². The standard InChI is InChI=1S/C10H12BrF/c1-8-5-9(3-2-4-11)7-10(12)6-8/h5-7H,2-4H2,1H3. The fourth-order valence-corrected chi connectivity index (χ4v) is 1.51. The van der Waals surface area contributed by atoms with Gasteiger partial charge in [-0.25, -0.2) is 4.39 Å². The van der Waals surface area contributed by atoms with E-state index in [1.54, 1.807) is 12.1 Å². The van der Waals surface area contributed by atoms with Gasteiger partial charge in [-0.1, -0.05) is 22.0 Å². The number of hydrogen-bond acceptors (Lipinski definition) is 0. The van der Waals surface area contributed by atoms with Crippen LogP contribution in [0.3, 0.4) is 0 Å². The molecule has 1 aromatic rings. The lowest BCUT2D eigenvalue weighted by Gasteiger charge is -2.01. The second-order valence-corrected chi connectivity index (χ2v) is 3.72. The number of hydrogen-bond donors (Lipinski definition) is 0. The third kappa shape index (κ3) is 2.94. The Morgan fingerprint density at radius 1 is 1.33 bits per heavy atom. The van der Waals surface area contributed by atoms with Gasteiger partial charge in [0, 0.05) is 5.33 Å². The molecular weight excluding hydrogens is 219 g/mol. The first-order valence-corrected chi connectivity index (χ1v) is 5.16. The van der Waals surface area contributed by atoms with Gasteiger partial charge in [0.25, 0.3) is 0 Å². The molecule has 1 aromatic carbocycles. The van der Waals surface area contributed by atoms with Gasteiger partial charge in [-0.05, 0) is 43.0 Å². The van der Waals surface area contributed by atoms with Crippen molar-refractivity contribution in [3.63, 3.8) is 0 Å².